The van der Waals surface area contributed by atoms with E-state index in [1.54, 1.807) is 12.2 Å². The number of benzene rings is 1. The summed E-state index contributed by atoms with van der Waals surface area (Å²) in [4.78, 5) is 0. The molecule has 0 heterocycles. The summed E-state index contributed by atoms with van der Waals surface area (Å²) in [6.45, 7) is 12.7. The van der Waals surface area contributed by atoms with Crippen LogP contribution in [0.5, 0.6) is 5.75 Å². The number of ether oxygens (including phenoxy) is 2. The van der Waals surface area contributed by atoms with Crippen molar-refractivity contribution in [2.75, 3.05) is 18.9 Å². The fourth-order valence-electron chi connectivity index (χ4n) is 3.20. The Labute approximate surface area is 151 Å². The molecule has 25 heavy (non-hydrogen) atoms. The van der Waals surface area contributed by atoms with Gasteiger partial charge in [0.15, 0.2) is 0 Å². The first kappa shape index (κ1) is 19.3. The molecule has 2 rings (SSSR count). The molecule has 0 amide bonds. The molecule has 0 aliphatic heterocycles. The van der Waals surface area contributed by atoms with Crippen molar-refractivity contribution >= 4 is 5.69 Å². The second-order valence-electron chi connectivity index (χ2n) is 6.97. The van der Waals surface area contributed by atoms with Crippen molar-refractivity contribution in [1.82, 2.24) is 0 Å². The third-order valence-corrected chi connectivity index (χ3v) is 4.85. The van der Waals surface area contributed by atoms with Gasteiger partial charge in [0.2, 0.25) is 0 Å². The van der Waals surface area contributed by atoms with Crippen LogP contribution in [-0.2, 0) is 10.2 Å². The second kappa shape index (κ2) is 8.37. The van der Waals surface area contributed by atoms with Gasteiger partial charge >= 0.3 is 0 Å². The quantitative estimate of drug-likeness (QED) is 0.558. The molecule has 1 aliphatic rings. The van der Waals surface area contributed by atoms with E-state index in [4.69, 9.17) is 20.9 Å². The van der Waals surface area contributed by atoms with E-state index in [0.717, 1.165) is 18.4 Å². The van der Waals surface area contributed by atoms with Crippen LogP contribution in [0.3, 0.4) is 0 Å². The van der Waals surface area contributed by atoms with Crippen LogP contribution in [-0.4, -0.2) is 25.4 Å². The van der Waals surface area contributed by atoms with Crippen LogP contribution < -0.4 is 16.2 Å². The summed E-state index contributed by atoms with van der Waals surface area (Å²) in [6.07, 6.45) is 7.41. The van der Waals surface area contributed by atoms with Gasteiger partial charge in [0, 0.05) is 11.5 Å². The number of hydrogen-bond acceptors (Lipinski definition) is 4. The summed E-state index contributed by atoms with van der Waals surface area (Å²) in [7, 11) is 0. The molecule has 4 heteroatoms. The van der Waals surface area contributed by atoms with Gasteiger partial charge in [0.05, 0.1) is 18.4 Å². The fraction of sp³-hybridized carbons (Fsp3) is 0.429. The van der Waals surface area contributed by atoms with Gasteiger partial charge < -0.3 is 20.9 Å². The lowest BCUT2D eigenvalue weighted by Gasteiger charge is -2.36. The lowest BCUT2D eigenvalue weighted by Crippen LogP contribution is -2.41. The maximum Gasteiger partial charge on any atom is 0.142 e. The second-order valence-corrected chi connectivity index (χ2v) is 6.97. The summed E-state index contributed by atoms with van der Waals surface area (Å²) in [5, 5.41) is 0. The van der Waals surface area contributed by atoms with E-state index in [1.807, 2.05) is 12.1 Å². The summed E-state index contributed by atoms with van der Waals surface area (Å²) in [5.74, 6) is 0.687. The standard InChI is InChI=1S/C21H30N2O2/c1-5-11-24-19-9-7-15(13-17(19)22)21(3,4)16-8-10-20(18(23)14-16)25-12-6-2/h5-9,13,18,20H,1-2,10-12,14,22-23H2,3-4H3. The molecule has 0 saturated heterocycles. The monoisotopic (exact) mass is 342 g/mol. The van der Waals surface area contributed by atoms with Gasteiger partial charge in [-0.05, 0) is 30.5 Å². The van der Waals surface area contributed by atoms with E-state index in [2.05, 4.69) is 39.1 Å². The van der Waals surface area contributed by atoms with E-state index in [-0.39, 0.29) is 17.6 Å². The van der Waals surface area contributed by atoms with Crippen molar-refractivity contribution in [3.05, 3.63) is 60.7 Å². The first-order chi connectivity index (χ1) is 11.9. The number of nitrogen functional groups attached to an aromatic ring is 1. The van der Waals surface area contributed by atoms with E-state index in [9.17, 15) is 0 Å². The van der Waals surface area contributed by atoms with Gasteiger partial charge in [-0.2, -0.15) is 0 Å². The minimum Gasteiger partial charge on any atom is -0.487 e. The van der Waals surface area contributed by atoms with Crippen molar-refractivity contribution in [3.8, 4) is 5.75 Å². The number of nitrogens with two attached hydrogens (primary N) is 2. The third-order valence-electron chi connectivity index (χ3n) is 4.85. The SMILES string of the molecule is C=CCOc1ccc(C(C)(C)C2=CCC(OCC=C)C(N)C2)cc1N. The third kappa shape index (κ3) is 4.53. The molecule has 0 radical (unpaired) electrons. The first-order valence-electron chi connectivity index (χ1n) is 8.71. The van der Waals surface area contributed by atoms with Crippen LogP contribution in [0.1, 0.15) is 32.3 Å². The Kier molecular flexibility index (Phi) is 6.45. The van der Waals surface area contributed by atoms with Crippen molar-refractivity contribution in [1.29, 1.82) is 0 Å². The van der Waals surface area contributed by atoms with Crippen LogP contribution in [0, 0.1) is 0 Å². The average molecular weight is 342 g/mol. The Balaban J connectivity index is 2.18. The first-order valence-corrected chi connectivity index (χ1v) is 8.71. The van der Waals surface area contributed by atoms with E-state index in [1.165, 1.54) is 5.57 Å². The molecule has 1 aliphatic carbocycles. The van der Waals surface area contributed by atoms with Crippen LogP contribution >= 0.6 is 0 Å². The molecule has 0 aromatic heterocycles. The Bertz CT molecular complexity index is 649. The van der Waals surface area contributed by atoms with Gasteiger partial charge in [-0.3, -0.25) is 0 Å². The molecule has 0 spiro atoms. The molecule has 0 bridgehead atoms. The minimum absolute atomic E-state index is 0.00762. The van der Waals surface area contributed by atoms with E-state index in [0.29, 0.717) is 24.7 Å². The van der Waals surface area contributed by atoms with Gasteiger partial charge in [0.25, 0.3) is 0 Å². The predicted octanol–water partition coefficient (Wildman–Crippen LogP) is 3.73. The molecule has 2 atom stereocenters. The topological polar surface area (TPSA) is 70.5 Å². The van der Waals surface area contributed by atoms with Crippen LogP contribution in [0.4, 0.5) is 5.69 Å². The number of anilines is 1. The molecule has 4 nitrogen and oxygen atoms in total. The maximum absolute atomic E-state index is 6.34. The normalized spacial score (nSPS) is 20.7. The molecule has 4 N–H and O–H groups in total. The van der Waals surface area contributed by atoms with Crippen molar-refractivity contribution in [2.45, 2.75) is 44.2 Å². The molecule has 2 unspecified atom stereocenters. The number of rotatable bonds is 8. The summed E-state index contributed by atoms with van der Waals surface area (Å²) in [6, 6.07) is 5.98. The highest BCUT2D eigenvalue weighted by atomic mass is 16.5. The zero-order valence-electron chi connectivity index (χ0n) is 15.3. The van der Waals surface area contributed by atoms with Crippen molar-refractivity contribution < 1.29 is 9.47 Å². The van der Waals surface area contributed by atoms with Crippen molar-refractivity contribution in [3.63, 3.8) is 0 Å². The maximum atomic E-state index is 6.34. The largest absolute Gasteiger partial charge is 0.487 e. The Hall–Kier alpha value is -2.04. The Morgan fingerprint density at radius 2 is 1.96 bits per heavy atom. The van der Waals surface area contributed by atoms with Gasteiger partial charge in [-0.15, -0.1) is 6.58 Å². The van der Waals surface area contributed by atoms with Gasteiger partial charge in [0.1, 0.15) is 12.4 Å². The molecule has 1 aromatic rings. The van der Waals surface area contributed by atoms with Crippen LogP contribution in [0.2, 0.25) is 0 Å². The summed E-state index contributed by atoms with van der Waals surface area (Å²) in [5.41, 5.74) is 15.5. The average Bonchev–Trinajstić information content (AvgIpc) is 2.59. The summed E-state index contributed by atoms with van der Waals surface area (Å²) >= 11 is 0. The predicted molar refractivity (Wildman–Crippen MR) is 105 cm³/mol. The van der Waals surface area contributed by atoms with Crippen LogP contribution in [0.15, 0.2) is 55.2 Å². The zero-order valence-corrected chi connectivity index (χ0v) is 15.3. The minimum atomic E-state index is -0.147. The molecular formula is C21H30N2O2. The highest BCUT2D eigenvalue weighted by molar-refractivity contribution is 5.56. The lowest BCUT2D eigenvalue weighted by molar-refractivity contribution is 0.0518. The molecule has 1 aromatic carbocycles. The van der Waals surface area contributed by atoms with Crippen LogP contribution in [0.25, 0.3) is 0 Å². The number of hydrogen-bond donors (Lipinski definition) is 2. The highest BCUT2D eigenvalue weighted by Crippen LogP contribution is 2.39. The molecule has 136 valence electrons. The molecule has 0 saturated carbocycles. The van der Waals surface area contributed by atoms with E-state index >= 15 is 0 Å². The molecule has 0 fully saturated rings. The Morgan fingerprint density at radius 1 is 1.24 bits per heavy atom. The smallest absolute Gasteiger partial charge is 0.142 e. The van der Waals surface area contributed by atoms with Crippen molar-refractivity contribution in [2.24, 2.45) is 5.73 Å². The van der Waals surface area contributed by atoms with Gasteiger partial charge in [-0.25, -0.2) is 0 Å². The van der Waals surface area contributed by atoms with Gasteiger partial charge in [-0.1, -0.05) is 50.3 Å². The summed E-state index contributed by atoms with van der Waals surface area (Å²) < 4.78 is 11.3. The molecular weight excluding hydrogens is 312 g/mol. The lowest BCUT2D eigenvalue weighted by atomic mass is 9.72. The van der Waals surface area contributed by atoms with E-state index < -0.39 is 0 Å². The highest BCUT2D eigenvalue weighted by Gasteiger charge is 2.32. The zero-order chi connectivity index (χ0) is 18.4. The fourth-order valence-corrected chi connectivity index (χ4v) is 3.20. The Morgan fingerprint density at radius 3 is 2.56 bits per heavy atom.